The van der Waals surface area contributed by atoms with Gasteiger partial charge in [0.2, 0.25) is 21.8 Å². The van der Waals surface area contributed by atoms with Gasteiger partial charge in [0.05, 0.1) is 11.9 Å². The summed E-state index contributed by atoms with van der Waals surface area (Å²) in [6, 6.07) is 13.3. The van der Waals surface area contributed by atoms with Gasteiger partial charge in [0.1, 0.15) is 12.6 Å². The molecule has 186 valence electrons. The van der Waals surface area contributed by atoms with Gasteiger partial charge in [-0.3, -0.25) is 13.9 Å². The van der Waals surface area contributed by atoms with Gasteiger partial charge in [-0.05, 0) is 43.5 Å². The van der Waals surface area contributed by atoms with Crippen molar-refractivity contribution < 1.29 is 18.0 Å². The molecule has 0 aliphatic rings. The number of hydrogen-bond donors (Lipinski definition) is 1. The normalized spacial score (nSPS) is 12.1. The molecule has 0 bridgehead atoms. The van der Waals surface area contributed by atoms with Gasteiger partial charge in [-0.25, -0.2) is 8.42 Å². The minimum atomic E-state index is -3.79. The van der Waals surface area contributed by atoms with Crippen molar-refractivity contribution in [2.24, 2.45) is 0 Å². The first-order valence-corrected chi connectivity index (χ1v) is 13.7. The Morgan fingerprint density at radius 1 is 1.09 bits per heavy atom. The van der Waals surface area contributed by atoms with Crippen molar-refractivity contribution in [2.75, 3.05) is 23.7 Å². The summed E-state index contributed by atoms with van der Waals surface area (Å²) in [6.45, 7) is 6.11. The SMILES string of the molecule is CCCCNC(=O)C(CC)N(Cc1ccc(C)cc1)C(=O)CN(c1cccc(Cl)c1)S(C)(=O)=O. The topological polar surface area (TPSA) is 86.8 Å². The first kappa shape index (κ1) is 27.7. The van der Waals surface area contributed by atoms with Gasteiger partial charge >= 0.3 is 0 Å². The molecule has 0 spiro atoms. The van der Waals surface area contributed by atoms with Crippen LogP contribution in [-0.2, 0) is 26.2 Å². The van der Waals surface area contributed by atoms with Crippen LogP contribution >= 0.6 is 11.6 Å². The van der Waals surface area contributed by atoms with Crippen LogP contribution in [0.1, 0.15) is 44.2 Å². The predicted molar refractivity (Wildman–Crippen MR) is 137 cm³/mol. The van der Waals surface area contributed by atoms with E-state index < -0.39 is 28.5 Å². The molecule has 0 saturated carbocycles. The zero-order chi connectivity index (χ0) is 25.3. The second kappa shape index (κ2) is 12.8. The fraction of sp³-hybridized carbons (Fsp3) is 0.440. The Hall–Kier alpha value is -2.58. The Morgan fingerprint density at radius 3 is 2.32 bits per heavy atom. The van der Waals surface area contributed by atoms with Crippen LogP contribution < -0.4 is 9.62 Å². The van der Waals surface area contributed by atoms with Gasteiger partial charge in [-0.2, -0.15) is 0 Å². The molecular formula is C25H34ClN3O4S. The summed E-state index contributed by atoms with van der Waals surface area (Å²) in [5.41, 5.74) is 2.22. The molecule has 0 aromatic heterocycles. The molecule has 7 nitrogen and oxygen atoms in total. The lowest BCUT2D eigenvalue weighted by Gasteiger charge is -2.33. The maximum absolute atomic E-state index is 13.6. The number of hydrogen-bond acceptors (Lipinski definition) is 4. The predicted octanol–water partition coefficient (Wildman–Crippen LogP) is 4.14. The summed E-state index contributed by atoms with van der Waals surface area (Å²) >= 11 is 6.06. The van der Waals surface area contributed by atoms with E-state index in [0.717, 1.165) is 34.5 Å². The summed E-state index contributed by atoms with van der Waals surface area (Å²) < 4.78 is 26.2. The lowest BCUT2D eigenvalue weighted by atomic mass is 10.1. The van der Waals surface area contributed by atoms with Crippen molar-refractivity contribution >= 4 is 39.1 Å². The fourth-order valence-electron chi connectivity index (χ4n) is 3.56. The summed E-state index contributed by atoms with van der Waals surface area (Å²) in [4.78, 5) is 28.0. The third-order valence-electron chi connectivity index (χ3n) is 5.46. The molecule has 34 heavy (non-hydrogen) atoms. The van der Waals surface area contributed by atoms with Crippen molar-refractivity contribution in [1.29, 1.82) is 0 Å². The van der Waals surface area contributed by atoms with E-state index in [4.69, 9.17) is 11.6 Å². The van der Waals surface area contributed by atoms with E-state index in [-0.39, 0.29) is 12.5 Å². The van der Waals surface area contributed by atoms with Gasteiger partial charge in [0.25, 0.3) is 0 Å². The molecule has 9 heteroatoms. The Balaban J connectivity index is 2.39. The lowest BCUT2D eigenvalue weighted by molar-refractivity contribution is -0.140. The second-order valence-corrected chi connectivity index (χ2v) is 10.7. The molecular weight excluding hydrogens is 474 g/mol. The van der Waals surface area contributed by atoms with E-state index in [1.807, 2.05) is 45.0 Å². The number of carbonyl (C=O) groups excluding carboxylic acids is 2. The minimum Gasteiger partial charge on any atom is -0.354 e. The molecule has 0 heterocycles. The number of unbranched alkanes of at least 4 members (excludes halogenated alkanes) is 1. The van der Waals surface area contributed by atoms with E-state index in [2.05, 4.69) is 5.32 Å². The Kier molecular flexibility index (Phi) is 10.4. The van der Waals surface area contributed by atoms with Crippen molar-refractivity contribution in [2.45, 2.75) is 52.6 Å². The van der Waals surface area contributed by atoms with Gasteiger partial charge < -0.3 is 10.2 Å². The Bertz CT molecular complexity index is 1070. The highest BCUT2D eigenvalue weighted by Crippen LogP contribution is 2.23. The average Bonchev–Trinajstić information content (AvgIpc) is 2.78. The maximum Gasteiger partial charge on any atom is 0.244 e. The number of nitrogens with zero attached hydrogens (tertiary/aromatic N) is 2. The van der Waals surface area contributed by atoms with Crippen LogP contribution in [0.2, 0.25) is 5.02 Å². The molecule has 0 saturated heterocycles. The van der Waals surface area contributed by atoms with Crippen LogP contribution in [0.4, 0.5) is 5.69 Å². The van der Waals surface area contributed by atoms with E-state index >= 15 is 0 Å². The van der Waals surface area contributed by atoms with E-state index in [0.29, 0.717) is 23.7 Å². The van der Waals surface area contributed by atoms with Crippen LogP contribution in [0.5, 0.6) is 0 Å². The lowest BCUT2D eigenvalue weighted by Crippen LogP contribution is -2.52. The van der Waals surface area contributed by atoms with Crippen molar-refractivity contribution in [1.82, 2.24) is 10.2 Å². The van der Waals surface area contributed by atoms with Crippen LogP contribution in [0.3, 0.4) is 0 Å². The highest BCUT2D eigenvalue weighted by atomic mass is 35.5. The maximum atomic E-state index is 13.6. The zero-order valence-electron chi connectivity index (χ0n) is 20.3. The highest BCUT2D eigenvalue weighted by Gasteiger charge is 2.31. The van der Waals surface area contributed by atoms with Gasteiger partial charge in [0.15, 0.2) is 0 Å². The number of halogens is 1. The van der Waals surface area contributed by atoms with E-state index in [9.17, 15) is 18.0 Å². The molecule has 0 aliphatic heterocycles. The second-order valence-electron chi connectivity index (χ2n) is 8.33. The van der Waals surface area contributed by atoms with Gasteiger partial charge in [-0.15, -0.1) is 0 Å². The monoisotopic (exact) mass is 507 g/mol. The van der Waals surface area contributed by atoms with Crippen molar-refractivity contribution in [3.63, 3.8) is 0 Å². The molecule has 1 atom stereocenters. The first-order chi connectivity index (χ1) is 16.1. The number of nitrogens with one attached hydrogen (secondary N) is 1. The number of carbonyl (C=O) groups is 2. The third-order valence-corrected chi connectivity index (χ3v) is 6.84. The molecule has 2 aromatic carbocycles. The number of anilines is 1. The molecule has 2 amide bonds. The minimum absolute atomic E-state index is 0.186. The van der Waals surface area contributed by atoms with Gasteiger partial charge in [-0.1, -0.05) is 67.8 Å². The summed E-state index contributed by atoms with van der Waals surface area (Å²) in [6.07, 6.45) is 3.21. The molecule has 2 rings (SSSR count). The molecule has 1 N–H and O–H groups in total. The van der Waals surface area contributed by atoms with Crippen molar-refractivity contribution in [3.8, 4) is 0 Å². The van der Waals surface area contributed by atoms with Crippen LogP contribution in [0.25, 0.3) is 0 Å². The number of rotatable bonds is 12. The fourth-order valence-corrected chi connectivity index (χ4v) is 4.59. The standard InChI is InChI=1S/C25H34ClN3O4S/c1-5-7-15-27-25(31)23(6-2)28(17-20-13-11-19(3)12-14-20)24(30)18-29(34(4,32)33)22-10-8-9-21(26)16-22/h8-14,16,23H,5-7,15,17-18H2,1-4H3,(H,27,31). The van der Waals surface area contributed by atoms with Gasteiger partial charge in [0, 0.05) is 18.1 Å². The molecule has 2 aromatic rings. The van der Waals surface area contributed by atoms with E-state index in [1.54, 1.807) is 18.2 Å². The summed E-state index contributed by atoms with van der Waals surface area (Å²) in [5.74, 6) is -0.714. The van der Waals surface area contributed by atoms with Crippen LogP contribution in [-0.4, -0.2) is 50.5 Å². The Morgan fingerprint density at radius 2 is 1.76 bits per heavy atom. The molecule has 1 unspecified atom stereocenters. The number of benzene rings is 2. The highest BCUT2D eigenvalue weighted by molar-refractivity contribution is 7.92. The summed E-state index contributed by atoms with van der Waals surface area (Å²) in [7, 11) is -3.79. The van der Waals surface area contributed by atoms with Crippen LogP contribution in [0.15, 0.2) is 48.5 Å². The molecule has 0 radical (unpaired) electrons. The quantitative estimate of drug-likeness (QED) is 0.437. The average molecular weight is 508 g/mol. The smallest absolute Gasteiger partial charge is 0.244 e. The number of sulfonamides is 1. The zero-order valence-corrected chi connectivity index (χ0v) is 21.8. The third kappa shape index (κ3) is 8.02. The first-order valence-electron chi connectivity index (χ1n) is 11.4. The number of aryl methyl sites for hydroxylation is 1. The molecule has 0 fully saturated rings. The summed E-state index contributed by atoms with van der Waals surface area (Å²) in [5, 5.41) is 3.26. The van der Waals surface area contributed by atoms with Crippen LogP contribution in [0, 0.1) is 6.92 Å². The Labute approximate surface area is 208 Å². The number of amides is 2. The largest absolute Gasteiger partial charge is 0.354 e. The molecule has 0 aliphatic carbocycles. The van der Waals surface area contributed by atoms with Crippen molar-refractivity contribution in [3.05, 3.63) is 64.7 Å². The van der Waals surface area contributed by atoms with E-state index in [1.165, 1.54) is 11.0 Å².